The van der Waals surface area contributed by atoms with Crippen molar-refractivity contribution in [2.24, 2.45) is 16.7 Å². The number of hydrogen-bond acceptors (Lipinski definition) is 4. The Kier molecular flexibility index (Phi) is 2.64. The van der Waals surface area contributed by atoms with Gasteiger partial charge in [0.15, 0.2) is 0 Å². The average molecular weight is 266 g/mol. The first-order valence-corrected chi connectivity index (χ1v) is 7.04. The summed E-state index contributed by atoms with van der Waals surface area (Å²) in [5.74, 6) is -0.346. The molecule has 106 valence electrons. The fraction of sp³-hybridized carbons (Fsp3) is 0.800. The highest BCUT2D eigenvalue weighted by Gasteiger charge is 2.60. The van der Waals surface area contributed by atoms with E-state index in [9.17, 15) is 15.0 Å². The van der Waals surface area contributed by atoms with Gasteiger partial charge in [0.05, 0.1) is 12.2 Å². The van der Waals surface area contributed by atoms with E-state index in [1.54, 1.807) is 0 Å². The molecule has 0 amide bonds. The Balaban J connectivity index is 2.16. The van der Waals surface area contributed by atoms with Gasteiger partial charge in [-0.1, -0.05) is 20.8 Å². The third-order valence-electron chi connectivity index (χ3n) is 5.65. The van der Waals surface area contributed by atoms with Crippen LogP contribution in [0.1, 0.15) is 40.0 Å². The molecule has 4 heteroatoms. The SMILES string of the molecule is CC1(C)CC[C@@H](O)[C@]2(C)C3=C(C[C@@H](O)[C@H]12)C(=O)OC3. The number of carbonyl (C=O) groups excluding carboxylic acids is 1. The van der Waals surface area contributed by atoms with Crippen molar-refractivity contribution in [3.8, 4) is 0 Å². The van der Waals surface area contributed by atoms with Crippen molar-refractivity contribution >= 4 is 5.97 Å². The van der Waals surface area contributed by atoms with E-state index in [1.165, 1.54) is 0 Å². The molecule has 0 aromatic carbocycles. The maximum Gasteiger partial charge on any atom is 0.334 e. The van der Waals surface area contributed by atoms with Crippen LogP contribution in [0.25, 0.3) is 0 Å². The number of rotatable bonds is 0. The van der Waals surface area contributed by atoms with Gasteiger partial charge in [0.1, 0.15) is 6.61 Å². The smallest absolute Gasteiger partial charge is 0.334 e. The van der Waals surface area contributed by atoms with Crippen LogP contribution in [0.3, 0.4) is 0 Å². The minimum atomic E-state index is -0.584. The van der Waals surface area contributed by atoms with Crippen LogP contribution in [0.2, 0.25) is 0 Å². The number of hydrogen-bond donors (Lipinski definition) is 2. The molecule has 19 heavy (non-hydrogen) atoms. The van der Waals surface area contributed by atoms with E-state index < -0.39 is 17.6 Å². The van der Waals surface area contributed by atoms with Gasteiger partial charge >= 0.3 is 5.97 Å². The predicted octanol–water partition coefficient (Wildman–Crippen LogP) is 1.41. The lowest BCUT2D eigenvalue weighted by Gasteiger charge is -2.57. The monoisotopic (exact) mass is 266 g/mol. The maximum absolute atomic E-state index is 11.8. The molecular weight excluding hydrogens is 244 g/mol. The zero-order chi connectivity index (χ0) is 14.0. The predicted molar refractivity (Wildman–Crippen MR) is 69.2 cm³/mol. The third kappa shape index (κ3) is 1.56. The van der Waals surface area contributed by atoms with Crippen LogP contribution >= 0.6 is 0 Å². The molecule has 2 N–H and O–H groups in total. The molecule has 1 heterocycles. The molecule has 4 atom stereocenters. The number of ether oxygens (including phenoxy) is 1. The Labute approximate surface area is 113 Å². The molecule has 0 unspecified atom stereocenters. The Bertz CT molecular complexity index is 465. The van der Waals surface area contributed by atoms with Crippen molar-refractivity contribution in [2.75, 3.05) is 6.61 Å². The van der Waals surface area contributed by atoms with E-state index in [0.717, 1.165) is 12.0 Å². The van der Waals surface area contributed by atoms with Gasteiger partial charge in [-0.2, -0.15) is 0 Å². The molecule has 3 aliphatic rings. The van der Waals surface area contributed by atoms with Gasteiger partial charge in [-0.15, -0.1) is 0 Å². The Morgan fingerprint density at radius 2 is 1.95 bits per heavy atom. The molecule has 0 aromatic heterocycles. The molecule has 0 radical (unpaired) electrons. The summed E-state index contributed by atoms with van der Waals surface area (Å²) < 4.78 is 5.14. The minimum Gasteiger partial charge on any atom is -0.458 e. The maximum atomic E-state index is 11.8. The van der Waals surface area contributed by atoms with Crippen molar-refractivity contribution in [1.29, 1.82) is 0 Å². The van der Waals surface area contributed by atoms with E-state index in [2.05, 4.69) is 13.8 Å². The molecular formula is C15H22O4. The highest BCUT2D eigenvalue weighted by atomic mass is 16.5. The van der Waals surface area contributed by atoms with Gasteiger partial charge in [0.2, 0.25) is 0 Å². The molecule has 0 spiro atoms. The molecule has 1 aliphatic heterocycles. The normalized spacial score (nSPS) is 44.7. The molecule has 0 bridgehead atoms. The van der Waals surface area contributed by atoms with Gasteiger partial charge in [-0.3, -0.25) is 0 Å². The highest BCUT2D eigenvalue weighted by molar-refractivity contribution is 5.92. The summed E-state index contributed by atoms with van der Waals surface area (Å²) in [4.78, 5) is 11.8. The van der Waals surface area contributed by atoms with Crippen LogP contribution in [0.5, 0.6) is 0 Å². The molecule has 0 saturated heterocycles. The first-order chi connectivity index (χ1) is 8.78. The van der Waals surface area contributed by atoms with Crippen molar-refractivity contribution in [3.05, 3.63) is 11.1 Å². The molecule has 2 aliphatic carbocycles. The number of aliphatic hydroxyl groups excluding tert-OH is 2. The van der Waals surface area contributed by atoms with Crippen molar-refractivity contribution in [3.63, 3.8) is 0 Å². The fourth-order valence-electron chi connectivity index (χ4n) is 4.74. The van der Waals surface area contributed by atoms with Crippen LogP contribution in [0.4, 0.5) is 0 Å². The number of cyclic esters (lactones) is 1. The summed E-state index contributed by atoms with van der Waals surface area (Å²) in [6, 6.07) is 0. The summed E-state index contributed by atoms with van der Waals surface area (Å²) in [7, 11) is 0. The lowest BCUT2D eigenvalue weighted by molar-refractivity contribution is -0.137. The van der Waals surface area contributed by atoms with Crippen LogP contribution in [-0.4, -0.2) is 35.0 Å². The second-order valence-corrected chi connectivity index (χ2v) is 7.11. The quantitative estimate of drug-likeness (QED) is 0.651. The average Bonchev–Trinajstić information content (AvgIpc) is 2.67. The van der Waals surface area contributed by atoms with E-state index in [1.807, 2.05) is 6.92 Å². The largest absolute Gasteiger partial charge is 0.458 e. The molecule has 3 rings (SSSR count). The number of carbonyl (C=O) groups is 1. The summed E-state index contributed by atoms with van der Waals surface area (Å²) in [6.07, 6.45) is 0.866. The van der Waals surface area contributed by atoms with E-state index in [4.69, 9.17) is 4.74 Å². The Morgan fingerprint density at radius 1 is 1.26 bits per heavy atom. The summed E-state index contributed by atoms with van der Waals surface area (Å²) >= 11 is 0. The molecule has 4 nitrogen and oxygen atoms in total. The third-order valence-corrected chi connectivity index (χ3v) is 5.65. The number of aliphatic hydroxyl groups is 2. The van der Waals surface area contributed by atoms with Gasteiger partial charge in [0, 0.05) is 23.3 Å². The van der Waals surface area contributed by atoms with Crippen LogP contribution < -0.4 is 0 Å². The zero-order valence-electron chi connectivity index (χ0n) is 11.8. The summed E-state index contributed by atoms with van der Waals surface area (Å²) in [5, 5.41) is 21.1. The molecule has 1 fully saturated rings. The summed E-state index contributed by atoms with van der Waals surface area (Å²) in [5.41, 5.74) is 0.939. The standard InChI is InChI=1S/C15H22O4/c1-14(2)5-4-11(17)15(3)9-7-19-13(18)8(9)6-10(16)12(14)15/h10-12,16-17H,4-7H2,1-3H3/t10-,11-,12-,15+/m1/s1. The zero-order valence-corrected chi connectivity index (χ0v) is 11.8. The van der Waals surface area contributed by atoms with E-state index in [0.29, 0.717) is 18.4 Å². The van der Waals surface area contributed by atoms with Crippen molar-refractivity contribution in [2.45, 2.75) is 52.2 Å². The Morgan fingerprint density at radius 3 is 2.63 bits per heavy atom. The molecule has 0 aromatic rings. The van der Waals surface area contributed by atoms with E-state index >= 15 is 0 Å². The first-order valence-electron chi connectivity index (χ1n) is 7.04. The van der Waals surface area contributed by atoms with Crippen LogP contribution in [0, 0.1) is 16.7 Å². The van der Waals surface area contributed by atoms with Crippen LogP contribution in [0.15, 0.2) is 11.1 Å². The Hall–Kier alpha value is -0.870. The lowest BCUT2D eigenvalue weighted by Crippen LogP contribution is -2.58. The van der Waals surface area contributed by atoms with Crippen molar-refractivity contribution < 1.29 is 19.7 Å². The first kappa shape index (κ1) is 13.1. The number of esters is 1. The number of fused-ring (bicyclic) bond motifs is 2. The van der Waals surface area contributed by atoms with Crippen molar-refractivity contribution in [1.82, 2.24) is 0 Å². The van der Waals surface area contributed by atoms with Gasteiger partial charge < -0.3 is 14.9 Å². The lowest BCUT2D eigenvalue weighted by atomic mass is 9.48. The van der Waals surface area contributed by atoms with E-state index in [-0.39, 0.29) is 23.9 Å². The van der Waals surface area contributed by atoms with Gasteiger partial charge in [-0.25, -0.2) is 4.79 Å². The van der Waals surface area contributed by atoms with Gasteiger partial charge in [-0.05, 0) is 23.8 Å². The minimum absolute atomic E-state index is 0.0306. The van der Waals surface area contributed by atoms with Gasteiger partial charge in [0.25, 0.3) is 0 Å². The molecule has 1 saturated carbocycles. The second kappa shape index (κ2) is 3.83. The topological polar surface area (TPSA) is 66.8 Å². The second-order valence-electron chi connectivity index (χ2n) is 7.11. The highest BCUT2D eigenvalue weighted by Crippen LogP contribution is 2.60. The fourth-order valence-corrected chi connectivity index (χ4v) is 4.74. The summed E-state index contributed by atoms with van der Waals surface area (Å²) in [6.45, 7) is 6.56. The van der Waals surface area contributed by atoms with Crippen LogP contribution in [-0.2, 0) is 9.53 Å².